The van der Waals surface area contributed by atoms with Crippen molar-refractivity contribution in [1.29, 1.82) is 0 Å². The minimum Gasteiger partial charge on any atom is -0.351 e. The van der Waals surface area contributed by atoms with Crippen LogP contribution in [-0.2, 0) is 11.3 Å². The third-order valence-electron chi connectivity index (χ3n) is 8.81. The first kappa shape index (κ1) is 24.4. The van der Waals surface area contributed by atoms with Crippen LogP contribution in [0.15, 0.2) is 30.3 Å². The summed E-state index contributed by atoms with van der Waals surface area (Å²) in [5.41, 5.74) is 0.847. The van der Waals surface area contributed by atoms with Crippen LogP contribution < -0.4 is 5.32 Å². The molecule has 0 spiro atoms. The van der Waals surface area contributed by atoms with E-state index in [-0.39, 0.29) is 17.9 Å². The highest BCUT2D eigenvalue weighted by Gasteiger charge is 2.48. The smallest absolute Gasteiger partial charge is 0.271 e. The highest BCUT2D eigenvalue weighted by Crippen LogP contribution is 2.33. The maximum absolute atomic E-state index is 13.9. The molecule has 2 aromatic rings. The Labute approximate surface area is 210 Å². The number of amides is 2. The van der Waals surface area contributed by atoms with E-state index in [2.05, 4.69) is 33.8 Å². The van der Waals surface area contributed by atoms with Gasteiger partial charge in [-0.1, -0.05) is 50.8 Å². The second-order valence-electron chi connectivity index (χ2n) is 11.2. The van der Waals surface area contributed by atoms with Gasteiger partial charge >= 0.3 is 0 Å². The highest BCUT2D eigenvalue weighted by molar-refractivity contribution is 6.03. The van der Waals surface area contributed by atoms with Gasteiger partial charge in [-0.3, -0.25) is 9.59 Å². The molecule has 0 unspecified atom stereocenters. The minimum absolute atomic E-state index is 0.00517. The Bertz CT molecular complexity index is 1060. The standard InChI is InChI=1S/C29H42N4O2/c1-3-24-15-9-10-17-31(24)18-11-19-33-27(34)26-20-22-12-7-8-16-25(22)32(26)21-29(33,2)28(35)30-23-13-5-4-6-14-23/h7-8,12,16,20,23-24H,3-6,9-11,13-15,17-19,21H2,1-2H3,(H,30,35)/t24-,29+/m0/s1. The second kappa shape index (κ2) is 10.3. The van der Waals surface area contributed by atoms with E-state index in [4.69, 9.17) is 0 Å². The summed E-state index contributed by atoms with van der Waals surface area (Å²) in [5, 5.41) is 4.41. The van der Waals surface area contributed by atoms with Gasteiger partial charge in [0.25, 0.3) is 5.91 Å². The Hall–Kier alpha value is -2.34. The largest absolute Gasteiger partial charge is 0.351 e. The summed E-state index contributed by atoms with van der Waals surface area (Å²) in [7, 11) is 0. The fourth-order valence-corrected chi connectivity index (χ4v) is 6.69. The van der Waals surface area contributed by atoms with Gasteiger partial charge in [0.05, 0.1) is 6.54 Å². The lowest BCUT2D eigenvalue weighted by Crippen LogP contribution is -2.65. The van der Waals surface area contributed by atoms with Crippen LogP contribution in [0, 0.1) is 0 Å². The van der Waals surface area contributed by atoms with Crippen molar-refractivity contribution in [1.82, 2.24) is 19.7 Å². The van der Waals surface area contributed by atoms with E-state index in [9.17, 15) is 9.59 Å². The van der Waals surface area contributed by atoms with Crippen LogP contribution in [0.3, 0.4) is 0 Å². The molecule has 1 aliphatic carbocycles. The summed E-state index contributed by atoms with van der Waals surface area (Å²) >= 11 is 0. The van der Waals surface area contributed by atoms with Gasteiger partial charge in [0.2, 0.25) is 5.91 Å². The Balaban J connectivity index is 1.39. The molecule has 190 valence electrons. The lowest BCUT2D eigenvalue weighted by atomic mass is 9.91. The van der Waals surface area contributed by atoms with Crippen molar-refractivity contribution in [2.45, 2.75) is 102 Å². The molecule has 35 heavy (non-hydrogen) atoms. The van der Waals surface area contributed by atoms with E-state index < -0.39 is 5.54 Å². The van der Waals surface area contributed by atoms with E-state index in [1.54, 1.807) is 0 Å². The Morgan fingerprint density at radius 2 is 1.83 bits per heavy atom. The van der Waals surface area contributed by atoms with Gasteiger partial charge in [-0.15, -0.1) is 0 Å². The van der Waals surface area contributed by atoms with Gasteiger partial charge < -0.3 is 19.7 Å². The van der Waals surface area contributed by atoms with Gasteiger partial charge in [-0.05, 0) is 64.1 Å². The number of para-hydroxylation sites is 1. The van der Waals surface area contributed by atoms with Crippen molar-refractivity contribution >= 4 is 22.7 Å². The van der Waals surface area contributed by atoms with E-state index in [0.717, 1.165) is 43.3 Å². The predicted molar refractivity (Wildman–Crippen MR) is 141 cm³/mol. The number of carbonyl (C=O) groups excluding carboxylic acids is 2. The first-order chi connectivity index (χ1) is 17.0. The first-order valence-corrected chi connectivity index (χ1v) is 14.0. The van der Waals surface area contributed by atoms with Gasteiger partial charge in [0, 0.05) is 36.1 Å². The van der Waals surface area contributed by atoms with Crippen LogP contribution in [0.4, 0.5) is 0 Å². The molecule has 6 heteroatoms. The number of nitrogens with one attached hydrogen (secondary N) is 1. The van der Waals surface area contributed by atoms with Gasteiger partial charge in [-0.25, -0.2) is 0 Å². The van der Waals surface area contributed by atoms with Gasteiger partial charge in [-0.2, -0.15) is 0 Å². The van der Waals surface area contributed by atoms with Crippen LogP contribution in [0.5, 0.6) is 0 Å². The van der Waals surface area contributed by atoms with Crippen LogP contribution >= 0.6 is 0 Å². The van der Waals surface area contributed by atoms with E-state index in [1.165, 1.54) is 44.9 Å². The molecule has 1 N–H and O–H groups in total. The van der Waals surface area contributed by atoms with Crippen LogP contribution in [0.2, 0.25) is 0 Å². The number of hydrogen-bond acceptors (Lipinski definition) is 3. The molecular formula is C29H42N4O2. The third kappa shape index (κ3) is 4.74. The molecule has 2 fully saturated rings. The molecule has 0 bridgehead atoms. The molecule has 2 atom stereocenters. The van der Waals surface area contributed by atoms with E-state index in [0.29, 0.717) is 24.8 Å². The highest BCUT2D eigenvalue weighted by atomic mass is 16.2. The lowest BCUT2D eigenvalue weighted by Gasteiger charge is -2.45. The van der Waals surface area contributed by atoms with Crippen molar-refractivity contribution in [3.8, 4) is 0 Å². The molecule has 1 saturated heterocycles. The zero-order valence-electron chi connectivity index (χ0n) is 21.6. The topological polar surface area (TPSA) is 57.6 Å². The molecule has 1 aromatic carbocycles. The van der Waals surface area contributed by atoms with Gasteiger partial charge in [0.1, 0.15) is 11.2 Å². The fourth-order valence-electron chi connectivity index (χ4n) is 6.69. The van der Waals surface area contributed by atoms with Crippen molar-refractivity contribution in [3.05, 3.63) is 36.0 Å². The minimum atomic E-state index is -0.893. The number of piperidine rings is 1. The van der Waals surface area contributed by atoms with Crippen molar-refractivity contribution in [2.24, 2.45) is 0 Å². The normalized spacial score (nSPS) is 26.2. The second-order valence-corrected chi connectivity index (χ2v) is 11.2. The Morgan fingerprint density at radius 1 is 1.06 bits per heavy atom. The van der Waals surface area contributed by atoms with E-state index in [1.807, 2.05) is 30.0 Å². The average Bonchev–Trinajstić information content (AvgIpc) is 3.25. The number of likely N-dealkylation sites (tertiary alicyclic amines) is 1. The molecule has 3 aliphatic rings. The van der Waals surface area contributed by atoms with Crippen LogP contribution in [-0.4, -0.2) is 63.4 Å². The van der Waals surface area contributed by atoms with E-state index >= 15 is 0 Å². The maximum Gasteiger partial charge on any atom is 0.271 e. The van der Waals surface area contributed by atoms with Gasteiger partial charge in [0.15, 0.2) is 0 Å². The zero-order chi connectivity index (χ0) is 24.4. The number of benzene rings is 1. The molecule has 6 nitrogen and oxygen atoms in total. The summed E-state index contributed by atoms with van der Waals surface area (Å²) < 4.78 is 2.08. The van der Waals surface area contributed by atoms with Crippen LogP contribution in [0.25, 0.3) is 10.9 Å². The molecule has 2 amide bonds. The van der Waals surface area contributed by atoms with Crippen molar-refractivity contribution < 1.29 is 9.59 Å². The molecule has 1 aromatic heterocycles. The molecule has 2 aliphatic heterocycles. The summed E-state index contributed by atoms with van der Waals surface area (Å²) in [6, 6.07) is 11.0. The Kier molecular flexibility index (Phi) is 7.19. The molecule has 5 rings (SSSR count). The number of carbonyl (C=O) groups is 2. The first-order valence-electron chi connectivity index (χ1n) is 14.0. The Morgan fingerprint density at radius 3 is 2.63 bits per heavy atom. The monoisotopic (exact) mass is 478 g/mol. The number of aromatic nitrogens is 1. The average molecular weight is 479 g/mol. The number of nitrogens with zero attached hydrogens (tertiary/aromatic N) is 3. The SMILES string of the molecule is CC[C@H]1CCCCN1CCCN1C(=O)c2cc3ccccc3n2C[C@]1(C)C(=O)NC1CCCCC1. The maximum atomic E-state index is 13.9. The summed E-state index contributed by atoms with van der Waals surface area (Å²) in [4.78, 5) is 32.3. The summed E-state index contributed by atoms with van der Waals surface area (Å²) in [6.45, 7) is 7.52. The van der Waals surface area contributed by atoms with Crippen molar-refractivity contribution in [3.63, 3.8) is 0 Å². The zero-order valence-corrected chi connectivity index (χ0v) is 21.6. The summed E-state index contributed by atoms with van der Waals surface area (Å²) in [5.74, 6) is -0.00924. The molecular weight excluding hydrogens is 436 g/mol. The quantitative estimate of drug-likeness (QED) is 0.612. The lowest BCUT2D eigenvalue weighted by molar-refractivity contribution is -0.133. The summed E-state index contributed by atoms with van der Waals surface area (Å²) in [6.07, 6.45) is 11.6. The third-order valence-corrected chi connectivity index (χ3v) is 8.81. The molecule has 3 heterocycles. The molecule has 0 radical (unpaired) electrons. The number of rotatable bonds is 7. The van der Waals surface area contributed by atoms with Crippen molar-refractivity contribution in [2.75, 3.05) is 19.6 Å². The van der Waals surface area contributed by atoms with Crippen LogP contribution in [0.1, 0.15) is 88.5 Å². The number of hydrogen-bond donors (Lipinski definition) is 1. The number of fused-ring (bicyclic) bond motifs is 3. The predicted octanol–water partition coefficient (Wildman–Crippen LogP) is 4.96. The molecule has 1 saturated carbocycles. The fraction of sp³-hybridized carbons (Fsp3) is 0.655.